The Kier molecular flexibility index (Phi) is 9.38. The number of aliphatic hydroxyl groups excluding tert-OH is 2. The highest BCUT2D eigenvalue weighted by molar-refractivity contribution is 8.22. The third kappa shape index (κ3) is 5.18. The average molecular weight is 555 g/mol. The van der Waals surface area contributed by atoms with Gasteiger partial charge in [-0.25, -0.2) is 0 Å². The fourth-order valence-electron chi connectivity index (χ4n) is 8.17. The standard InChI is InChI=1S/C29H50O4S2Si/c1-11-36(12-2,17(3)4)33-22-16-29(9)14-13-20(30)19(6)24(29)26(32-27(34)35-10)25-21(31)15-18(5)23(22)28(25,7)8/h17,20-22,24-26,30-31H,6,11-16H2,1-5,7-10H3/t20-,21-,22-,24-,25-,26-,29-/m0/s1. The van der Waals surface area contributed by atoms with Crippen molar-refractivity contribution >= 4 is 36.7 Å². The molecule has 2 saturated carbocycles. The van der Waals surface area contributed by atoms with E-state index in [1.807, 2.05) is 6.26 Å². The van der Waals surface area contributed by atoms with Gasteiger partial charge in [0.25, 0.3) is 0 Å². The number of fused-ring (bicyclic) bond motifs is 3. The van der Waals surface area contributed by atoms with E-state index in [1.54, 1.807) is 0 Å². The maximum Gasteiger partial charge on any atom is 0.219 e. The molecule has 206 valence electrons. The van der Waals surface area contributed by atoms with Crippen molar-refractivity contribution in [3.63, 3.8) is 0 Å². The molecule has 0 unspecified atom stereocenters. The molecule has 0 heterocycles. The van der Waals surface area contributed by atoms with Gasteiger partial charge in [0.1, 0.15) is 6.10 Å². The molecule has 0 aromatic heterocycles. The first-order chi connectivity index (χ1) is 16.7. The van der Waals surface area contributed by atoms with Gasteiger partial charge < -0.3 is 19.4 Å². The molecule has 36 heavy (non-hydrogen) atoms. The highest BCUT2D eigenvalue weighted by Crippen LogP contribution is 2.60. The summed E-state index contributed by atoms with van der Waals surface area (Å²) in [6.07, 6.45) is 3.50. The van der Waals surface area contributed by atoms with Gasteiger partial charge in [-0.2, -0.15) is 0 Å². The Morgan fingerprint density at radius 2 is 1.83 bits per heavy atom. The van der Waals surface area contributed by atoms with E-state index < -0.39 is 20.5 Å². The topological polar surface area (TPSA) is 58.9 Å². The Hall–Kier alpha value is -0.183. The molecule has 0 spiro atoms. The van der Waals surface area contributed by atoms with Gasteiger partial charge in [-0.1, -0.05) is 72.4 Å². The molecule has 0 radical (unpaired) electrons. The van der Waals surface area contributed by atoms with Crippen LogP contribution in [0.2, 0.25) is 17.6 Å². The number of hydrogen-bond donors (Lipinski definition) is 2. The Bertz CT molecular complexity index is 880. The molecular weight excluding hydrogens is 505 g/mol. The van der Waals surface area contributed by atoms with Gasteiger partial charge in [0.15, 0.2) is 8.32 Å². The molecule has 0 amide bonds. The van der Waals surface area contributed by atoms with Crippen LogP contribution in [0.4, 0.5) is 0 Å². The molecule has 3 aliphatic carbocycles. The van der Waals surface area contributed by atoms with Gasteiger partial charge in [0.2, 0.25) is 4.38 Å². The lowest BCUT2D eigenvalue weighted by atomic mass is 9.50. The van der Waals surface area contributed by atoms with Crippen LogP contribution in [0.25, 0.3) is 0 Å². The van der Waals surface area contributed by atoms with Crippen LogP contribution in [0.15, 0.2) is 23.3 Å². The zero-order valence-electron chi connectivity index (χ0n) is 24.0. The highest BCUT2D eigenvalue weighted by Gasteiger charge is 2.60. The van der Waals surface area contributed by atoms with Gasteiger partial charge in [0, 0.05) is 11.8 Å². The SMILES string of the molecule is C=C1[C@@H](O)CC[C@@]2(C)C[C@H](O[Si](CC)(CC)C(C)C)C3=C(C)C[C@H](O)[C@@H]([C@@H](OC(=S)SC)[C@H]12)C3(C)C. The second-order valence-electron chi connectivity index (χ2n) is 12.7. The molecule has 2 N–H and O–H groups in total. The quantitative estimate of drug-likeness (QED) is 0.205. The summed E-state index contributed by atoms with van der Waals surface area (Å²) in [6.45, 7) is 22.7. The first kappa shape index (κ1) is 30.4. The lowest BCUT2D eigenvalue weighted by molar-refractivity contribution is -0.114. The van der Waals surface area contributed by atoms with Crippen LogP contribution in [-0.4, -0.2) is 53.6 Å². The smallest absolute Gasteiger partial charge is 0.219 e. The average Bonchev–Trinajstić information content (AvgIpc) is 2.78. The molecule has 7 atom stereocenters. The molecule has 2 fully saturated rings. The van der Waals surface area contributed by atoms with Gasteiger partial charge in [-0.15, -0.1) is 0 Å². The normalized spacial score (nSPS) is 36.8. The Labute approximate surface area is 230 Å². The predicted molar refractivity (Wildman–Crippen MR) is 159 cm³/mol. The third-order valence-corrected chi connectivity index (χ3v) is 16.4. The molecule has 4 nitrogen and oxygen atoms in total. The Morgan fingerprint density at radius 3 is 2.36 bits per heavy atom. The van der Waals surface area contributed by atoms with E-state index in [9.17, 15) is 10.2 Å². The fraction of sp³-hybridized carbons (Fsp3) is 0.828. The molecule has 3 aliphatic rings. The van der Waals surface area contributed by atoms with Crippen molar-refractivity contribution in [1.82, 2.24) is 0 Å². The number of thioether (sulfide) groups is 1. The van der Waals surface area contributed by atoms with Gasteiger partial charge >= 0.3 is 0 Å². The van der Waals surface area contributed by atoms with Crippen LogP contribution in [0.5, 0.6) is 0 Å². The van der Waals surface area contributed by atoms with Crippen LogP contribution in [0.1, 0.15) is 81.1 Å². The maximum absolute atomic E-state index is 11.6. The lowest BCUT2D eigenvalue weighted by Crippen LogP contribution is -2.60. The minimum atomic E-state index is -2.00. The minimum absolute atomic E-state index is 0.00652. The zero-order chi connectivity index (χ0) is 27.2. The molecular formula is C29H50O4S2Si. The van der Waals surface area contributed by atoms with E-state index in [-0.39, 0.29) is 34.9 Å². The molecule has 2 bridgehead atoms. The number of ether oxygens (including phenoxy) is 1. The predicted octanol–water partition coefficient (Wildman–Crippen LogP) is 7.26. The van der Waals surface area contributed by atoms with E-state index in [1.165, 1.54) is 22.9 Å². The summed E-state index contributed by atoms with van der Waals surface area (Å²) in [5.74, 6) is -0.299. The lowest BCUT2D eigenvalue weighted by Gasteiger charge is -2.59. The van der Waals surface area contributed by atoms with E-state index in [0.29, 0.717) is 22.8 Å². The highest BCUT2D eigenvalue weighted by atomic mass is 32.2. The number of hydrogen-bond acceptors (Lipinski definition) is 6. The molecule has 0 aliphatic heterocycles. The van der Waals surface area contributed by atoms with Gasteiger partial charge in [0.05, 0.1) is 18.3 Å². The van der Waals surface area contributed by atoms with Crippen LogP contribution >= 0.6 is 24.0 Å². The fourth-order valence-corrected chi connectivity index (χ4v) is 12.0. The maximum atomic E-state index is 11.6. The monoisotopic (exact) mass is 554 g/mol. The third-order valence-electron chi connectivity index (χ3n) is 10.2. The summed E-state index contributed by atoms with van der Waals surface area (Å²) in [6, 6.07) is 2.19. The summed E-state index contributed by atoms with van der Waals surface area (Å²) in [5, 5.41) is 22.6. The van der Waals surface area contributed by atoms with Crippen LogP contribution in [0.3, 0.4) is 0 Å². The molecule has 0 saturated heterocycles. The first-order valence-corrected chi connectivity index (χ1v) is 17.9. The van der Waals surface area contributed by atoms with Gasteiger partial charge in [-0.05, 0) is 90.7 Å². The summed E-state index contributed by atoms with van der Waals surface area (Å²) < 4.78 is 14.5. The summed E-state index contributed by atoms with van der Waals surface area (Å²) in [7, 11) is -2.00. The van der Waals surface area contributed by atoms with Crippen molar-refractivity contribution in [3.8, 4) is 0 Å². The Morgan fingerprint density at radius 1 is 1.22 bits per heavy atom. The van der Waals surface area contributed by atoms with Crippen LogP contribution < -0.4 is 0 Å². The van der Waals surface area contributed by atoms with Crippen molar-refractivity contribution in [2.24, 2.45) is 22.7 Å². The van der Waals surface area contributed by atoms with Crippen molar-refractivity contribution in [2.75, 3.05) is 6.26 Å². The van der Waals surface area contributed by atoms with Gasteiger partial charge in [-0.3, -0.25) is 0 Å². The van der Waals surface area contributed by atoms with Crippen LogP contribution in [-0.2, 0) is 9.16 Å². The first-order valence-electron chi connectivity index (χ1n) is 13.9. The van der Waals surface area contributed by atoms with E-state index in [4.69, 9.17) is 21.4 Å². The summed E-state index contributed by atoms with van der Waals surface area (Å²) >= 11 is 7.01. The molecule has 0 aromatic rings. The second-order valence-corrected chi connectivity index (χ2v) is 19.1. The van der Waals surface area contributed by atoms with E-state index >= 15 is 0 Å². The minimum Gasteiger partial charge on any atom is -0.474 e. The van der Waals surface area contributed by atoms with Crippen molar-refractivity contribution < 1.29 is 19.4 Å². The van der Waals surface area contributed by atoms with Crippen molar-refractivity contribution in [3.05, 3.63) is 23.3 Å². The van der Waals surface area contributed by atoms with Crippen LogP contribution in [0, 0.1) is 22.7 Å². The van der Waals surface area contributed by atoms with E-state index in [0.717, 1.165) is 30.5 Å². The van der Waals surface area contributed by atoms with E-state index in [2.05, 4.69) is 62.0 Å². The zero-order valence-corrected chi connectivity index (χ0v) is 26.7. The largest absolute Gasteiger partial charge is 0.474 e. The van der Waals surface area contributed by atoms with Crippen molar-refractivity contribution in [2.45, 2.75) is 123 Å². The van der Waals surface area contributed by atoms with Crippen molar-refractivity contribution in [1.29, 1.82) is 0 Å². The summed E-state index contributed by atoms with van der Waals surface area (Å²) in [5.41, 5.74) is 3.43. The number of rotatable bonds is 6. The number of thiocarbonyl (C=S) groups is 1. The summed E-state index contributed by atoms with van der Waals surface area (Å²) in [4.78, 5) is 0. The molecule has 3 rings (SSSR count). The molecule has 0 aromatic carbocycles. The second kappa shape index (κ2) is 11.1. The molecule has 7 heteroatoms. The Balaban J connectivity index is 2.27. The number of aliphatic hydroxyl groups is 2.